The van der Waals surface area contributed by atoms with Crippen LogP contribution in [0.25, 0.3) is 0 Å². The molecule has 0 aliphatic heterocycles. The number of amides is 2. The Morgan fingerprint density at radius 1 is 1.05 bits per heavy atom. The van der Waals surface area contributed by atoms with Crippen LogP contribution in [-0.2, 0) is 14.3 Å². The molecule has 0 aromatic rings. The van der Waals surface area contributed by atoms with Crippen molar-refractivity contribution in [2.24, 2.45) is 10.7 Å². The van der Waals surface area contributed by atoms with Gasteiger partial charge in [-0.15, -0.1) is 4.99 Å². The number of hydrogen-bond donors (Lipinski definition) is 3. The molecule has 9 heteroatoms. The van der Waals surface area contributed by atoms with E-state index in [1.807, 2.05) is 0 Å². The summed E-state index contributed by atoms with van der Waals surface area (Å²) in [6, 6.07) is 0. The van der Waals surface area contributed by atoms with Crippen molar-refractivity contribution in [2.75, 3.05) is 13.2 Å². The Morgan fingerprint density at radius 2 is 1.59 bits per heavy atom. The van der Waals surface area contributed by atoms with E-state index in [1.54, 1.807) is 41.5 Å². The van der Waals surface area contributed by atoms with E-state index >= 15 is 0 Å². The summed E-state index contributed by atoms with van der Waals surface area (Å²) in [5, 5.41) is 2.26. The summed E-state index contributed by atoms with van der Waals surface area (Å²) in [5.41, 5.74) is 6.18. The van der Waals surface area contributed by atoms with Crippen LogP contribution in [0.1, 0.15) is 41.5 Å². The second kappa shape index (κ2) is 8.54. The smallest absolute Gasteiger partial charge is 0.437 e. The molecule has 0 aliphatic rings. The first-order valence-electron chi connectivity index (χ1n) is 6.82. The zero-order valence-electron chi connectivity index (χ0n) is 14.0. The van der Waals surface area contributed by atoms with Crippen LogP contribution in [0.15, 0.2) is 4.99 Å². The zero-order valence-corrected chi connectivity index (χ0v) is 14.0. The van der Waals surface area contributed by atoms with Crippen LogP contribution in [0.3, 0.4) is 0 Å². The predicted octanol–water partition coefficient (Wildman–Crippen LogP) is 1.28. The van der Waals surface area contributed by atoms with Crippen molar-refractivity contribution in [3.8, 4) is 0 Å². The van der Waals surface area contributed by atoms with E-state index in [9.17, 15) is 9.59 Å². The Labute approximate surface area is 130 Å². The molecule has 0 saturated heterocycles. The van der Waals surface area contributed by atoms with Crippen LogP contribution in [0, 0.1) is 0 Å². The average Bonchev–Trinajstić information content (AvgIpc) is 2.23. The maximum absolute atomic E-state index is 11.7. The number of nitrogens with one attached hydrogen (secondary N) is 2. The number of ether oxygens (including phenoxy) is 2. The van der Waals surface area contributed by atoms with Gasteiger partial charge in [0.1, 0.15) is 11.2 Å². The molecule has 0 saturated carbocycles. The molecule has 0 aromatic carbocycles. The van der Waals surface area contributed by atoms with Gasteiger partial charge in [0, 0.05) is 6.54 Å². The minimum atomic E-state index is -0.887. The first-order valence-corrected chi connectivity index (χ1v) is 6.82. The fraction of sp³-hybridized carbons (Fsp3) is 0.769. The van der Waals surface area contributed by atoms with Crippen molar-refractivity contribution in [3.63, 3.8) is 0 Å². The minimum Gasteiger partial charge on any atom is -0.444 e. The number of aliphatic imine (C=N–C) groups is 1. The van der Waals surface area contributed by atoms with Gasteiger partial charge < -0.3 is 15.2 Å². The summed E-state index contributed by atoms with van der Waals surface area (Å²) in [4.78, 5) is 31.8. The van der Waals surface area contributed by atoms with Crippen LogP contribution in [-0.4, -0.2) is 42.5 Å². The number of nitrogens with two attached hydrogens (primary N) is 1. The maximum atomic E-state index is 11.7. The summed E-state index contributed by atoms with van der Waals surface area (Å²) in [7, 11) is 0. The number of nitrogens with zero attached hydrogens (tertiary/aromatic N) is 1. The summed E-state index contributed by atoms with van der Waals surface area (Å²) in [6.45, 7) is 10.6. The van der Waals surface area contributed by atoms with Crippen LogP contribution >= 0.6 is 0 Å². The van der Waals surface area contributed by atoms with Gasteiger partial charge in [-0.2, -0.15) is 0 Å². The van der Waals surface area contributed by atoms with Crippen molar-refractivity contribution >= 4 is 18.1 Å². The average molecular weight is 318 g/mol. The topological polar surface area (TPSA) is 124 Å². The van der Waals surface area contributed by atoms with Crippen molar-refractivity contribution < 1.29 is 23.9 Å². The monoisotopic (exact) mass is 318 g/mol. The highest BCUT2D eigenvalue weighted by Gasteiger charge is 2.20. The maximum Gasteiger partial charge on any atom is 0.437 e. The normalized spacial score (nSPS) is 12.6. The van der Waals surface area contributed by atoms with Crippen LogP contribution in [0.5, 0.6) is 0 Å². The second-order valence-electron chi connectivity index (χ2n) is 6.31. The molecular weight excluding hydrogens is 292 g/mol. The lowest BCUT2D eigenvalue weighted by molar-refractivity contribution is 0.0524. The van der Waals surface area contributed by atoms with Crippen molar-refractivity contribution in [1.82, 2.24) is 10.8 Å². The number of rotatable bonds is 3. The predicted molar refractivity (Wildman–Crippen MR) is 81.2 cm³/mol. The lowest BCUT2D eigenvalue weighted by Crippen LogP contribution is -2.44. The Hall–Kier alpha value is -1.87. The van der Waals surface area contributed by atoms with E-state index < -0.39 is 23.4 Å². The van der Waals surface area contributed by atoms with E-state index in [1.165, 1.54) is 0 Å². The summed E-state index contributed by atoms with van der Waals surface area (Å²) >= 11 is 0. The summed E-state index contributed by atoms with van der Waals surface area (Å²) < 4.78 is 10.1. The third-order valence-electron chi connectivity index (χ3n) is 1.60. The van der Waals surface area contributed by atoms with E-state index in [4.69, 9.17) is 20.0 Å². The van der Waals surface area contributed by atoms with E-state index in [2.05, 4.69) is 15.8 Å². The lowest BCUT2D eigenvalue weighted by Gasteiger charge is -2.20. The third-order valence-corrected chi connectivity index (χ3v) is 1.60. The molecule has 128 valence electrons. The fourth-order valence-electron chi connectivity index (χ4n) is 1.03. The minimum absolute atomic E-state index is 0.156. The van der Waals surface area contributed by atoms with Gasteiger partial charge in [-0.1, -0.05) is 0 Å². The number of carbonyl (C=O) groups is 2. The molecule has 0 rings (SSSR count). The quantitative estimate of drug-likeness (QED) is 0.310. The molecule has 22 heavy (non-hydrogen) atoms. The molecule has 0 radical (unpaired) electrons. The molecule has 0 unspecified atom stereocenters. The highest BCUT2D eigenvalue weighted by atomic mass is 16.6. The molecule has 0 heterocycles. The summed E-state index contributed by atoms with van der Waals surface area (Å²) in [5.74, 6) is -0.253. The first kappa shape index (κ1) is 20.1. The Morgan fingerprint density at radius 3 is 2.05 bits per heavy atom. The van der Waals surface area contributed by atoms with Crippen LogP contribution < -0.4 is 16.5 Å². The van der Waals surface area contributed by atoms with E-state index in [-0.39, 0.29) is 19.1 Å². The highest BCUT2D eigenvalue weighted by molar-refractivity contribution is 5.98. The number of hydrogen-bond acceptors (Lipinski definition) is 6. The van der Waals surface area contributed by atoms with Gasteiger partial charge in [0.25, 0.3) is 0 Å². The first-order chi connectivity index (χ1) is 9.93. The van der Waals surface area contributed by atoms with Crippen molar-refractivity contribution in [3.05, 3.63) is 0 Å². The number of alkyl carbamates (subject to hydrolysis) is 1. The lowest BCUT2D eigenvalue weighted by atomic mass is 10.2. The van der Waals surface area contributed by atoms with Crippen molar-refractivity contribution in [1.29, 1.82) is 0 Å². The van der Waals surface area contributed by atoms with E-state index in [0.717, 1.165) is 0 Å². The van der Waals surface area contributed by atoms with Gasteiger partial charge in [-0.25, -0.2) is 15.1 Å². The van der Waals surface area contributed by atoms with Crippen LogP contribution in [0.2, 0.25) is 0 Å². The van der Waals surface area contributed by atoms with Crippen molar-refractivity contribution in [2.45, 2.75) is 52.7 Å². The number of carbonyl (C=O) groups excluding carboxylic acids is 2. The molecular formula is C13H26N4O5. The summed E-state index contributed by atoms with van der Waals surface area (Å²) in [6.07, 6.45) is -1.68. The molecule has 0 aliphatic carbocycles. The van der Waals surface area contributed by atoms with Gasteiger partial charge in [-0.05, 0) is 41.5 Å². The number of guanidine groups is 1. The molecule has 0 bridgehead atoms. The highest BCUT2D eigenvalue weighted by Crippen LogP contribution is 2.08. The van der Waals surface area contributed by atoms with Gasteiger partial charge in [0.15, 0.2) is 0 Å². The fourth-order valence-corrected chi connectivity index (χ4v) is 1.03. The Kier molecular flexibility index (Phi) is 7.82. The SMILES string of the molecule is CC(C)(C)OC(=O)/N=C(\NOCCN)NC(=O)OC(C)(C)C. The molecule has 4 N–H and O–H groups in total. The van der Waals surface area contributed by atoms with E-state index in [0.29, 0.717) is 0 Å². The Balaban J connectivity index is 4.81. The van der Waals surface area contributed by atoms with Gasteiger partial charge >= 0.3 is 12.2 Å². The number of hydroxylamine groups is 1. The largest absolute Gasteiger partial charge is 0.444 e. The van der Waals surface area contributed by atoms with Gasteiger partial charge in [-0.3, -0.25) is 10.2 Å². The zero-order chi connectivity index (χ0) is 17.4. The second-order valence-corrected chi connectivity index (χ2v) is 6.31. The molecule has 2 amide bonds. The molecule has 0 spiro atoms. The molecule has 0 atom stereocenters. The molecule has 0 aromatic heterocycles. The third kappa shape index (κ3) is 11.9. The standard InChI is InChI=1S/C13H26N4O5/c1-12(2,3)21-10(18)15-9(17-20-8-7-14)16-11(19)22-13(4,5)6/h7-8,14H2,1-6H3,(H2,15,16,17,18,19). The van der Waals surface area contributed by atoms with Gasteiger partial charge in [0.2, 0.25) is 5.96 Å². The Bertz CT molecular complexity index is 410. The molecule has 9 nitrogen and oxygen atoms in total. The van der Waals surface area contributed by atoms with Crippen LogP contribution in [0.4, 0.5) is 9.59 Å². The molecule has 0 fully saturated rings. The van der Waals surface area contributed by atoms with Gasteiger partial charge in [0.05, 0.1) is 6.61 Å².